The Bertz CT molecular complexity index is 596. The Morgan fingerprint density at radius 3 is 2.35 bits per heavy atom. The van der Waals surface area contributed by atoms with E-state index in [4.69, 9.17) is 16.3 Å². The highest BCUT2D eigenvalue weighted by molar-refractivity contribution is 6.18. The number of carbonyl (C=O) groups is 1. The minimum Gasteiger partial charge on any atom is -0.492 e. The zero-order valence-electron chi connectivity index (χ0n) is 13.0. The SMILES string of the molecule is O=C(O)C(CCc1ccccc1)Cc1ccc(OCCCl)cc1. The second kappa shape index (κ2) is 9.21. The number of aliphatic carboxylic acids is 1. The van der Waals surface area contributed by atoms with E-state index < -0.39 is 5.97 Å². The molecule has 1 unspecified atom stereocenters. The first-order valence-corrected chi connectivity index (χ1v) is 8.27. The number of alkyl halides is 1. The van der Waals surface area contributed by atoms with Gasteiger partial charge < -0.3 is 9.84 Å². The molecule has 0 saturated heterocycles. The smallest absolute Gasteiger partial charge is 0.306 e. The van der Waals surface area contributed by atoms with Gasteiger partial charge in [-0.05, 0) is 42.5 Å². The van der Waals surface area contributed by atoms with E-state index in [0.717, 1.165) is 17.7 Å². The number of carboxylic acids is 1. The zero-order chi connectivity index (χ0) is 16.5. The van der Waals surface area contributed by atoms with Crippen molar-refractivity contribution >= 4 is 17.6 Å². The molecule has 122 valence electrons. The summed E-state index contributed by atoms with van der Waals surface area (Å²) in [6, 6.07) is 17.5. The summed E-state index contributed by atoms with van der Waals surface area (Å²) in [6.07, 6.45) is 1.93. The number of hydrogen-bond acceptors (Lipinski definition) is 2. The Labute approximate surface area is 141 Å². The summed E-state index contributed by atoms with van der Waals surface area (Å²) in [7, 11) is 0. The van der Waals surface area contributed by atoms with Crippen molar-refractivity contribution in [3.8, 4) is 5.75 Å². The Hall–Kier alpha value is -2.00. The summed E-state index contributed by atoms with van der Waals surface area (Å²) >= 11 is 5.58. The van der Waals surface area contributed by atoms with Gasteiger partial charge in [0.2, 0.25) is 0 Å². The molecule has 0 saturated carbocycles. The molecule has 2 rings (SSSR count). The van der Waals surface area contributed by atoms with Gasteiger partial charge in [-0.1, -0.05) is 42.5 Å². The van der Waals surface area contributed by atoms with Crippen LogP contribution in [0.3, 0.4) is 0 Å². The van der Waals surface area contributed by atoms with Gasteiger partial charge in [0.15, 0.2) is 0 Å². The Balaban J connectivity index is 1.92. The second-order valence-electron chi connectivity index (χ2n) is 5.44. The average Bonchev–Trinajstić information content (AvgIpc) is 2.58. The Kier molecular flexibility index (Phi) is 6.95. The van der Waals surface area contributed by atoms with Gasteiger partial charge in [-0.15, -0.1) is 11.6 Å². The molecule has 23 heavy (non-hydrogen) atoms. The molecule has 0 aliphatic heterocycles. The van der Waals surface area contributed by atoms with Crippen LogP contribution in [0.25, 0.3) is 0 Å². The first kappa shape index (κ1) is 17.4. The lowest BCUT2D eigenvalue weighted by atomic mass is 9.93. The van der Waals surface area contributed by atoms with Gasteiger partial charge in [-0.3, -0.25) is 4.79 Å². The predicted octanol–water partition coefficient (Wildman–Crippen LogP) is 4.18. The molecule has 0 aliphatic rings. The highest BCUT2D eigenvalue weighted by Gasteiger charge is 2.18. The third-order valence-corrected chi connectivity index (χ3v) is 3.88. The number of rotatable bonds is 9. The van der Waals surface area contributed by atoms with Crippen molar-refractivity contribution in [3.05, 3.63) is 65.7 Å². The predicted molar refractivity (Wildman–Crippen MR) is 92.2 cm³/mol. The fourth-order valence-corrected chi connectivity index (χ4v) is 2.54. The van der Waals surface area contributed by atoms with Crippen LogP contribution in [-0.4, -0.2) is 23.6 Å². The lowest BCUT2D eigenvalue weighted by Crippen LogP contribution is -2.17. The van der Waals surface area contributed by atoms with Gasteiger partial charge in [0, 0.05) is 0 Å². The highest BCUT2D eigenvalue weighted by atomic mass is 35.5. The topological polar surface area (TPSA) is 46.5 Å². The van der Waals surface area contributed by atoms with Crippen LogP contribution in [0, 0.1) is 5.92 Å². The van der Waals surface area contributed by atoms with Crippen LogP contribution in [0.5, 0.6) is 5.75 Å². The molecule has 0 amide bonds. The summed E-state index contributed by atoms with van der Waals surface area (Å²) in [4.78, 5) is 11.5. The minimum atomic E-state index is -0.747. The summed E-state index contributed by atoms with van der Waals surface area (Å²) in [6.45, 7) is 0.468. The van der Waals surface area contributed by atoms with E-state index in [0.29, 0.717) is 25.3 Å². The third-order valence-electron chi connectivity index (χ3n) is 3.72. The number of halogens is 1. The monoisotopic (exact) mass is 332 g/mol. The van der Waals surface area contributed by atoms with E-state index >= 15 is 0 Å². The van der Waals surface area contributed by atoms with Crippen LogP contribution in [0.2, 0.25) is 0 Å². The fourth-order valence-electron chi connectivity index (χ4n) is 2.46. The molecule has 0 spiro atoms. The maximum Gasteiger partial charge on any atom is 0.306 e. The molecule has 4 heteroatoms. The normalized spacial score (nSPS) is 11.9. The van der Waals surface area contributed by atoms with Crippen molar-refractivity contribution in [1.29, 1.82) is 0 Å². The quantitative estimate of drug-likeness (QED) is 0.701. The Morgan fingerprint density at radius 2 is 1.74 bits per heavy atom. The maximum atomic E-state index is 11.5. The maximum absolute atomic E-state index is 11.5. The van der Waals surface area contributed by atoms with E-state index in [2.05, 4.69) is 0 Å². The molecule has 0 heterocycles. The number of hydrogen-bond donors (Lipinski definition) is 1. The van der Waals surface area contributed by atoms with Gasteiger partial charge in [0.25, 0.3) is 0 Å². The number of carboxylic acid groups (broad SMARTS) is 1. The molecular formula is C19H21ClO3. The highest BCUT2D eigenvalue weighted by Crippen LogP contribution is 2.19. The van der Waals surface area contributed by atoms with E-state index in [1.54, 1.807) is 0 Å². The van der Waals surface area contributed by atoms with Gasteiger partial charge in [0.1, 0.15) is 12.4 Å². The van der Waals surface area contributed by atoms with E-state index in [9.17, 15) is 9.90 Å². The van der Waals surface area contributed by atoms with Gasteiger partial charge in [-0.2, -0.15) is 0 Å². The van der Waals surface area contributed by atoms with E-state index in [1.807, 2.05) is 54.6 Å². The molecule has 0 aliphatic carbocycles. The van der Waals surface area contributed by atoms with Crippen molar-refractivity contribution < 1.29 is 14.6 Å². The number of benzene rings is 2. The van der Waals surface area contributed by atoms with E-state index in [-0.39, 0.29) is 5.92 Å². The van der Waals surface area contributed by atoms with Crippen LogP contribution in [0.1, 0.15) is 17.5 Å². The van der Waals surface area contributed by atoms with Crippen molar-refractivity contribution in [2.75, 3.05) is 12.5 Å². The molecule has 2 aromatic rings. The van der Waals surface area contributed by atoms with Crippen molar-refractivity contribution in [2.24, 2.45) is 5.92 Å². The minimum absolute atomic E-state index is 0.384. The lowest BCUT2D eigenvalue weighted by molar-refractivity contribution is -0.141. The van der Waals surface area contributed by atoms with Crippen LogP contribution in [-0.2, 0) is 17.6 Å². The van der Waals surface area contributed by atoms with Gasteiger partial charge in [-0.25, -0.2) is 0 Å². The molecular weight excluding hydrogens is 312 g/mol. The molecule has 0 aromatic heterocycles. The zero-order valence-corrected chi connectivity index (χ0v) is 13.7. The number of ether oxygens (including phenoxy) is 1. The van der Waals surface area contributed by atoms with Crippen LogP contribution < -0.4 is 4.74 Å². The van der Waals surface area contributed by atoms with Crippen molar-refractivity contribution in [1.82, 2.24) is 0 Å². The van der Waals surface area contributed by atoms with Crippen LogP contribution >= 0.6 is 11.6 Å². The first-order chi connectivity index (χ1) is 11.2. The standard InChI is InChI=1S/C19H21ClO3/c20-12-13-23-18-10-7-16(8-11-18)14-17(19(21)22)9-6-15-4-2-1-3-5-15/h1-5,7-8,10-11,17H,6,9,12-14H2,(H,21,22). The molecule has 0 fully saturated rings. The van der Waals surface area contributed by atoms with Crippen molar-refractivity contribution in [2.45, 2.75) is 19.3 Å². The summed E-state index contributed by atoms with van der Waals surface area (Å²) in [5.74, 6) is 0.0706. The molecule has 1 N–H and O–H groups in total. The van der Waals surface area contributed by atoms with Gasteiger partial charge >= 0.3 is 5.97 Å². The molecule has 3 nitrogen and oxygen atoms in total. The van der Waals surface area contributed by atoms with Crippen LogP contribution in [0.15, 0.2) is 54.6 Å². The first-order valence-electron chi connectivity index (χ1n) is 7.73. The largest absolute Gasteiger partial charge is 0.492 e. The van der Waals surface area contributed by atoms with Gasteiger partial charge in [0.05, 0.1) is 11.8 Å². The molecule has 0 radical (unpaired) electrons. The fraction of sp³-hybridized carbons (Fsp3) is 0.316. The third kappa shape index (κ3) is 5.95. The van der Waals surface area contributed by atoms with E-state index in [1.165, 1.54) is 5.56 Å². The lowest BCUT2D eigenvalue weighted by Gasteiger charge is -2.13. The average molecular weight is 333 g/mol. The Morgan fingerprint density at radius 1 is 1.04 bits per heavy atom. The molecule has 2 aromatic carbocycles. The van der Waals surface area contributed by atoms with Crippen LogP contribution in [0.4, 0.5) is 0 Å². The van der Waals surface area contributed by atoms with Crippen molar-refractivity contribution in [3.63, 3.8) is 0 Å². The second-order valence-corrected chi connectivity index (χ2v) is 5.82. The number of aryl methyl sites for hydroxylation is 1. The summed E-state index contributed by atoms with van der Waals surface area (Å²) in [5.41, 5.74) is 2.17. The molecule has 1 atom stereocenters. The summed E-state index contributed by atoms with van der Waals surface area (Å²) < 4.78 is 5.42. The summed E-state index contributed by atoms with van der Waals surface area (Å²) in [5, 5.41) is 9.44. The molecule has 0 bridgehead atoms.